The fourth-order valence-electron chi connectivity index (χ4n) is 1.11. The standard InChI is InChI=1S/C11H15N3O/c1-8(15-2)7-14-10-3-4-11(13)9(5-10)6-12/h3-5,8,14H,7,13H2,1-2H3. The van der Waals surface area contributed by atoms with E-state index >= 15 is 0 Å². The van der Waals surface area contributed by atoms with Crippen LogP contribution in [0.4, 0.5) is 11.4 Å². The molecule has 4 nitrogen and oxygen atoms in total. The van der Waals surface area contributed by atoms with Crippen molar-refractivity contribution in [3.8, 4) is 6.07 Å². The minimum atomic E-state index is 0.132. The van der Waals surface area contributed by atoms with Crippen LogP contribution in [0, 0.1) is 11.3 Å². The Hall–Kier alpha value is -1.73. The Morgan fingerprint density at radius 2 is 2.33 bits per heavy atom. The van der Waals surface area contributed by atoms with Crippen molar-refractivity contribution in [2.75, 3.05) is 24.7 Å². The van der Waals surface area contributed by atoms with Crippen LogP contribution in [0.25, 0.3) is 0 Å². The predicted molar refractivity (Wildman–Crippen MR) is 60.5 cm³/mol. The number of nitrogens with two attached hydrogens (primary N) is 1. The second-order valence-electron chi connectivity index (χ2n) is 3.34. The third-order valence-corrected chi connectivity index (χ3v) is 2.17. The Bertz CT molecular complexity index is 371. The SMILES string of the molecule is COC(C)CNc1ccc(N)c(C#N)c1. The van der Waals surface area contributed by atoms with Gasteiger partial charge in [-0.2, -0.15) is 5.26 Å². The fraction of sp³-hybridized carbons (Fsp3) is 0.364. The van der Waals surface area contributed by atoms with Crippen LogP contribution in [-0.2, 0) is 4.74 Å². The number of methoxy groups -OCH3 is 1. The molecule has 0 spiro atoms. The molecule has 0 fully saturated rings. The van der Waals surface area contributed by atoms with Crippen molar-refractivity contribution in [2.24, 2.45) is 0 Å². The molecule has 0 aromatic heterocycles. The van der Waals surface area contributed by atoms with E-state index in [0.29, 0.717) is 17.8 Å². The maximum atomic E-state index is 8.78. The number of anilines is 2. The minimum absolute atomic E-state index is 0.132. The van der Waals surface area contributed by atoms with Gasteiger partial charge in [0.05, 0.1) is 11.7 Å². The number of ether oxygens (including phenoxy) is 1. The Kier molecular flexibility index (Phi) is 3.95. The van der Waals surface area contributed by atoms with Gasteiger partial charge in [-0.05, 0) is 25.1 Å². The van der Waals surface area contributed by atoms with E-state index in [2.05, 4.69) is 5.32 Å². The molecule has 0 saturated carbocycles. The maximum absolute atomic E-state index is 8.78. The van der Waals surface area contributed by atoms with Crippen molar-refractivity contribution in [3.63, 3.8) is 0 Å². The normalized spacial score (nSPS) is 11.8. The van der Waals surface area contributed by atoms with Crippen LogP contribution in [0.2, 0.25) is 0 Å². The summed E-state index contributed by atoms with van der Waals surface area (Å²) in [6.07, 6.45) is 0.132. The smallest absolute Gasteiger partial charge is 0.101 e. The number of nitriles is 1. The molecule has 0 amide bonds. The van der Waals surface area contributed by atoms with Crippen LogP contribution in [0.5, 0.6) is 0 Å². The molecule has 1 rings (SSSR count). The van der Waals surface area contributed by atoms with E-state index in [-0.39, 0.29) is 6.10 Å². The van der Waals surface area contributed by atoms with Crippen molar-refractivity contribution >= 4 is 11.4 Å². The molecule has 0 aliphatic carbocycles. The lowest BCUT2D eigenvalue weighted by molar-refractivity contribution is 0.129. The van der Waals surface area contributed by atoms with Gasteiger partial charge in [-0.15, -0.1) is 0 Å². The minimum Gasteiger partial charge on any atom is -0.398 e. The maximum Gasteiger partial charge on any atom is 0.101 e. The average Bonchev–Trinajstić information content (AvgIpc) is 2.27. The van der Waals surface area contributed by atoms with E-state index in [1.54, 1.807) is 19.2 Å². The Morgan fingerprint density at radius 1 is 1.60 bits per heavy atom. The van der Waals surface area contributed by atoms with Crippen molar-refractivity contribution in [3.05, 3.63) is 23.8 Å². The Morgan fingerprint density at radius 3 is 2.93 bits per heavy atom. The summed E-state index contributed by atoms with van der Waals surface area (Å²) < 4.78 is 5.10. The summed E-state index contributed by atoms with van der Waals surface area (Å²) in [6, 6.07) is 7.34. The first-order valence-electron chi connectivity index (χ1n) is 4.73. The van der Waals surface area contributed by atoms with Gasteiger partial charge in [0.2, 0.25) is 0 Å². The number of rotatable bonds is 4. The molecule has 0 heterocycles. The van der Waals surface area contributed by atoms with Gasteiger partial charge in [0.15, 0.2) is 0 Å². The van der Waals surface area contributed by atoms with Crippen molar-refractivity contribution in [1.29, 1.82) is 5.26 Å². The van der Waals surface area contributed by atoms with Gasteiger partial charge in [0.25, 0.3) is 0 Å². The fourth-order valence-corrected chi connectivity index (χ4v) is 1.11. The zero-order chi connectivity index (χ0) is 11.3. The van der Waals surface area contributed by atoms with E-state index < -0.39 is 0 Å². The summed E-state index contributed by atoms with van der Waals surface area (Å²) in [6.45, 7) is 2.67. The van der Waals surface area contributed by atoms with Crippen LogP contribution >= 0.6 is 0 Å². The summed E-state index contributed by atoms with van der Waals surface area (Å²) in [5, 5.41) is 11.9. The zero-order valence-electron chi connectivity index (χ0n) is 8.95. The molecule has 1 unspecified atom stereocenters. The van der Waals surface area contributed by atoms with Gasteiger partial charge in [0, 0.05) is 25.0 Å². The molecular weight excluding hydrogens is 190 g/mol. The Balaban J connectivity index is 2.67. The zero-order valence-corrected chi connectivity index (χ0v) is 8.95. The average molecular weight is 205 g/mol. The van der Waals surface area contributed by atoms with E-state index in [1.165, 1.54) is 0 Å². The number of benzene rings is 1. The number of hydrogen-bond acceptors (Lipinski definition) is 4. The van der Waals surface area contributed by atoms with Crippen LogP contribution < -0.4 is 11.1 Å². The number of nitrogens with one attached hydrogen (secondary N) is 1. The highest BCUT2D eigenvalue weighted by Gasteiger charge is 2.02. The first-order valence-corrected chi connectivity index (χ1v) is 4.73. The first kappa shape index (κ1) is 11.3. The molecule has 1 aromatic rings. The summed E-state index contributed by atoms with van der Waals surface area (Å²) in [5.74, 6) is 0. The summed E-state index contributed by atoms with van der Waals surface area (Å²) in [4.78, 5) is 0. The molecule has 0 aliphatic heterocycles. The van der Waals surface area contributed by atoms with Crippen molar-refractivity contribution in [2.45, 2.75) is 13.0 Å². The van der Waals surface area contributed by atoms with Crippen LogP contribution in [0.3, 0.4) is 0 Å². The van der Waals surface area contributed by atoms with E-state index in [1.807, 2.05) is 19.1 Å². The predicted octanol–water partition coefficient (Wildman–Crippen LogP) is 1.59. The number of nitrogen functional groups attached to an aromatic ring is 1. The molecule has 3 N–H and O–H groups in total. The molecule has 0 bridgehead atoms. The molecule has 1 aromatic carbocycles. The van der Waals surface area contributed by atoms with Gasteiger partial charge in [-0.25, -0.2) is 0 Å². The third-order valence-electron chi connectivity index (χ3n) is 2.17. The molecule has 0 radical (unpaired) electrons. The number of nitrogens with zero attached hydrogens (tertiary/aromatic N) is 1. The molecule has 80 valence electrons. The molecule has 1 atom stereocenters. The van der Waals surface area contributed by atoms with Crippen LogP contribution in [0.15, 0.2) is 18.2 Å². The van der Waals surface area contributed by atoms with E-state index in [4.69, 9.17) is 15.7 Å². The lowest BCUT2D eigenvalue weighted by atomic mass is 10.2. The molecular formula is C11H15N3O. The second-order valence-corrected chi connectivity index (χ2v) is 3.34. The molecule has 0 aliphatic rings. The van der Waals surface area contributed by atoms with Gasteiger partial charge in [0.1, 0.15) is 6.07 Å². The van der Waals surface area contributed by atoms with Crippen LogP contribution in [0.1, 0.15) is 12.5 Å². The van der Waals surface area contributed by atoms with Crippen molar-refractivity contribution in [1.82, 2.24) is 0 Å². The Labute approximate surface area is 89.7 Å². The topological polar surface area (TPSA) is 71.1 Å². The van der Waals surface area contributed by atoms with E-state index in [0.717, 1.165) is 5.69 Å². The summed E-state index contributed by atoms with van der Waals surface area (Å²) in [5.41, 5.74) is 7.48. The van der Waals surface area contributed by atoms with Gasteiger partial charge in [-0.1, -0.05) is 0 Å². The monoisotopic (exact) mass is 205 g/mol. The molecule has 15 heavy (non-hydrogen) atoms. The van der Waals surface area contributed by atoms with Crippen LogP contribution in [-0.4, -0.2) is 19.8 Å². The largest absolute Gasteiger partial charge is 0.398 e. The molecule has 0 saturated heterocycles. The highest BCUT2D eigenvalue weighted by atomic mass is 16.5. The number of hydrogen-bond donors (Lipinski definition) is 2. The highest BCUT2D eigenvalue weighted by molar-refractivity contribution is 5.61. The van der Waals surface area contributed by atoms with Gasteiger partial charge < -0.3 is 15.8 Å². The molecule has 4 heteroatoms. The van der Waals surface area contributed by atoms with E-state index in [9.17, 15) is 0 Å². The quantitative estimate of drug-likeness (QED) is 0.732. The third kappa shape index (κ3) is 3.15. The first-order chi connectivity index (χ1) is 7.17. The summed E-state index contributed by atoms with van der Waals surface area (Å²) in [7, 11) is 1.66. The lowest BCUT2D eigenvalue weighted by Gasteiger charge is -2.12. The van der Waals surface area contributed by atoms with Gasteiger partial charge in [-0.3, -0.25) is 0 Å². The summed E-state index contributed by atoms with van der Waals surface area (Å²) >= 11 is 0. The second kappa shape index (κ2) is 5.23. The lowest BCUT2D eigenvalue weighted by Crippen LogP contribution is -2.18. The van der Waals surface area contributed by atoms with Crippen molar-refractivity contribution < 1.29 is 4.74 Å². The van der Waals surface area contributed by atoms with Gasteiger partial charge >= 0.3 is 0 Å². The highest BCUT2D eigenvalue weighted by Crippen LogP contribution is 2.16.